The summed E-state index contributed by atoms with van der Waals surface area (Å²) < 4.78 is 0. The van der Waals surface area contributed by atoms with Gasteiger partial charge < -0.3 is 15.8 Å². The summed E-state index contributed by atoms with van der Waals surface area (Å²) in [6.45, 7) is 0.618. The number of H-pyrrole nitrogens is 1. The summed E-state index contributed by atoms with van der Waals surface area (Å²) in [6, 6.07) is 16.0. The standard InChI is InChI=1S/C17H18N2O/c18-9-8-12-4-3-5-13(10-12)17(20)15-11-19-16-7-2-1-6-14(15)16/h1-7,10-11,17,19-20H,8-9,18H2. The van der Waals surface area contributed by atoms with E-state index in [1.54, 1.807) is 0 Å². The van der Waals surface area contributed by atoms with Gasteiger partial charge in [0.25, 0.3) is 0 Å². The maximum Gasteiger partial charge on any atom is 0.106 e. The molecular formula is C17H18N2O. The minimum atomic E-state index is -0.621. The molecule has 0 amide bonds. The molecule has 0 aliphatic heterocycles. The van der Waals surface area contributed by atoms with Crippen LogP contribution in [0, 0.1) is 0 Å². The molecule has 0 bridgehead atoms. The average molecular weight is 266 g/mol. The third-order valence-electron chi connectivity index (χ3n) is 3.62. The molecule has 1 atom stereocenters. The van der Waals surface area contributed by atoms with Gasteiger partial charge in [-0.2, -0.15) is 0 Å². The molecule has 0 aliphatic carbocycles. The normalized spacial score (nSPS) is 12.7. The van der Waals surface area contributed by atoms with E-state index in [4.69, 9.17) is 5.73 Å². The van der Waals surface area contributed by atoms with Crippen LogP contribution in [0.4, 0.5) is 0 Å². The van der Waals surface area contributed by atoms with Crippen molar-refractivity contribution in [3.8, 4) is 0 Å². The van der Waals surface area contributed by atoms with E-state index in [-0.39, 0.29) is 0 Å². The molecule has 3 heteroatoms. The van der Waals surface area contributed by atoms with Crippen LogP contribution < -0.4 is 5.73 Å². The highest BCUT2D eigenvalue weighted by Gasteiger charge is 2.15. The Morgan fingerprint density at radius 3 is 2.80 bits per heavy atom. The van der Waals surface area contributed by atoms with Crippen LogP contribution in [0.1, 0.15) is 22.8 Å². The molecule has 1 aromatic heterocycles. The number of fused-ring (bicyclic) bond motifs is 1. The van der Waals surface area contributed by atoms with Crippen LogP contribution >= 0.6 is 0 Å². The highest BCUT2D eigenvalue weighted by Crippen LogP contribution is 2.29. The Labute approximate surface area is 118 Å². The van der Waals surface area contributed by atoms with Crippen molar-refractivity contribution in [1.82, 2.24) is 4.98 Å². The van der Waals surface area contributed by atoms with Crippen molar-refractivity contribution < 1.29 is 5.11 Å². The molecule has 20 heavy (non-hydrogen) atoms. The van der Waals surface area contributed by atoms with Crippen molar-refractivity contribution in [1.29, 1.82) is 0 Å². The van der Waals surface area contributed by atoms with Crippen molar-refractivity contribution in [2.45, 2.75) is 12.5 Å². The molecule has 3 nitrogen and oxygen atoms in total. The lowest BCUT2D eigenvalue weighted by Crippen LogP contribution is -2.04. The van der Waals surface area contributed by atoms with Crippen molar-refractivity contribution in [3.05, 3.63) is 71.4 Å². The van der Waals surface area contributed by atoms with Crippen LogP contribution in [0.25, 0.3) is 10.9 Å². The summed E-state index contributed by atoms with van der Waals surface area (Å²) in [5.74, 6) is 0. The van der Waals surface area contributed by atoms with Gasteiger partial charge in [0.05, 0.1) is 0 Å². The fourth-order valence-electron chi connectivity index (χ4n) is 2.59. The first kappa shape index (κ1) is 12.9. The van der Waals surface area contributed by atoms with Crippen molar-refractivity contribution >= 4 is 10.9 Å². The Bertz CT molecular complexity index is 718. The number of hydrogen-bond donors (Lipinski definition) is 3. The predicted molar refractivity (Wildman–Crippen MR) is 81.6 cm³/mol. The van der Waals surface area contributed by atoms with E-state index in [1.807, 2.05) is 54.7 Å². The topological polar surface area (TPSA) is 62.0 Å². The number of rotatable bonds is 4. The molecule has 1 unspecified atom stereocenters. The second-order valence-electron chi connectivity index (χ2n) is 4.98. The molecule has 4 N–H and O–H groups in total. The van der Waals surface area contributed by atoms with E-state index in [9.17, 15) is 5.11 Å². The smallest absolute Gasteiger partial charge is 0.106 e. The van der Waals surface area contributed by atoms with Gasteiger partial charge in [0, 0.05) is 22.7 Å². The maximum absolute atomic E-state index is 10.6. The highest BCUT2D eigenvalue weighted by molar-refractivity contribution is 5.83. The summed E-state index contributed by atoms with van der Waals surface area (Å²) in [7, 11) is 0. The fraction of sp³-hybridized carbons (Fsp3) is 0.176. The van der Waals surface area contributed by atoms with Crippen LogP contribution in [0.2, 0.25) is 0 Å². The zero-order valence-corrected chi connectivity index (χ0v) is 11.2. The number of benzene rings is 2. The van der Waals surface area contributed by atoms with Crippen LogP contribution in [-0.4, -0.2) is 16.6 Å². The minimum absolute atomic E-state index is 0.618. The first-order valence-corrected chi connectivity index (χ1v) is 6.82. The van der Waals surface area contributed by atoms with Gasteiger partial charge >= 0.3 is 0 Å². The number of aliphatic hydroxyl groups is 1. The number of aromatic nitrogens is 1. The Kier molecular flexibility index (Phi) is 3.54. The van der Waals surface area contributed by atoms with E-state index in [2.05, 4.69) is 4.98 Å². The fourth-order valence-corrected chi connectivity index (χ4v) is 2.59. The molecule has 0 aliphatic rings. The van der Waals surface area contributed by atoms with Gasteiger partial charge in [-0.1, -0.05) is 42.5 Å². The van der Waals surface area contributed by atoms with Gasteiger partial charge in [0.15, 0.2) is 0 Å². The lowest BCUT2D eigenvalue weighted by molar-refractivity contribution is 0.222. The molecule has 0 spiro atoms. The monoisotopic (exact) mass is 266 g/mol. The molecule has 0 fully saturated rings. The van der Waals surface area contributed by atoms with Crippen LogP contribution in [-0.2, 0) is 6.42 Å². The highest BCUT2D eigenvalue weighted by atomic mass is 16.3. The Balaban J connectivity index is 1.99. The maximum atomic E-state index is 10.6. The van der Waals surface area contributed by atoms with Gasteiger partial charge in [0.1, 0.15) is 6.10 Å². The Hall–Kier alpha value is -2.10. The van der Waals surface area contributed by atoms with Crippen molar-refractivity contribution in [2.24, 2.45) is 5.73 Å². The summed E-state index contributed by atoms with van der Waals surface area (Å²) in [5.41, 5.74) is 9.60. The van der Waals surface area contributed by atoms with Crippen molar-refractivity contribution in [2.75, 3.05) is 6.54 Å². The number of aromatic amines is 1. The Morgan fingerprint density at radius 1 is 1.10 bits per heavy atom. The molecular weight excluding hydrogens is 248 g/mol. The number of nitrogens with two attached hydrogens (primary N) is 1. The number of aliphatic hydroxyl groups excluding tert-OH is 1. The van der Waals surface area contributed by atoms with Gasteiger partial charge in [0.2, 0.25) is 0 Å². The number of nitrogens with one attached hydrogen (secondary N) is 1. The largest absolute Gasteiger partial charge is 0.384 e. The van der Waals surface area contributed by atoms with Crippen LogP contribution in [0.5, 0.6) is 0 Å². The van der Waals surface area contributed by atoms with E-state index in [1.165, 1.54) is 0 Å². The molecule has 3 aromatic rings. The molecule has 0 saturated heterocycles. The minimum Gasteiger partial charge on any atom is -0.384 e. The van der Waals surface area contributed by atoms with Crippen LogP contribution in [0.15, 0.2) is 54.7 Å². The number of para-hydroxylation sites is 1. The first-order chi connectivity index (χ1) is 9.79. The third kappa shape index (κ3) is 2.33. The SMILES string of the molecule is NCCc1cccc(C(O)c2c[nH]c3ccccc23)c1. The van der Waals surface area contributed by atoms with Gasteiger partial charge in [-0.15, -0.1) is 0 Å². The summed E-state index contributed by atoms with van der Waals surface area (Å²) in [5, 5.41) is 11.7. The van der Waals surface area contributed by atoms with E-state index in [0.717, 1.165) is 34.0 Å². The molecule has 2 aromatic carbocycles. The van der Waals surface area contributed by atoms with E-state index in [0.29, 0.717) is 6.54 Å². The number of hydrogen-bond acceptors (Lipinski definition) is 2. The van der Waals surface area contributed by atoms with E-state index < -0.39 is 6.10 Å². The second kappa shape index (κ2) is 5.49. The quantitative estimate of drug-likeness (QED) is 0.680. The summed E-state index contributed by atoms with van der Waals surface area (Å²) >= 11 is 0. The molecule has 0 saturated carbocycles. The van der Waals surface area contributed by atoms with Gasteiger partial charge in [-0.3, -0.25) is 0 Å². The zero-order chi connectivity index (χ0) is 13.9. The van der Waals surface area contributed by atoms with Crippen LogP contribution in [0.3, 0.4) is 0 Å². The summed E-state index contributed by atoms with van der Waals surface area (Å²) in [4.78, 5) is 3.20. The first-order valence-electron chi connectivity index (χ1n) is 6.82. The summed E-state index contributed by atoms with van der Waals surface area (Å²) in [6.07, 6.45) is 2.09. The predicted octanol–water partition coefficient (Wildman–Crippen LogP) is 2.75. The third-order valence-corrected chi connectivity index (χ3v) is 3.62. The molecule has 3 rings (SSSR count). The lowest BCUT2D eigenvalue weighted by atomic mass is 9.98. The van der Waals surface area contributed by atoms with E-state index >= 15 is 0 Å². The zero-order valence-electron chi connectivity index (χ0n) is 11.2. The molecule has 1 heterocycles. The molecule has 102 valence electrons. The van der Waals surface area contributed by atoms with Gasteiger partial charge in [-0.05, 0) is 30.2 Å². The molecule has 0 radical (unpaired) electrons. The lowest BCUT2D eigenvalue weighted by Gasteiger charge is -2.12. The Morgan fingerprint density at radius 2 is 1.95 bits per heavy atom. The second-order valence-corrected chi connectivity index (χ2v) is 4.98. The van der Waals surface area contributed by atoms with Crippen molar-refractivity contribution in [3.63, 3.8) is 0 Å². The average Bonchev–Trinajstić information content (AvgIpc) is 2.91. The van der Waals surface area contributed by atoms with Gasteiger partial charge in [-0.25, -0.2) is 0 Å².